The number of H-pyrrole nitrogens is 1. The maximum atomic E-state index is 11.1. The number of imidazole rings is 1. The summed E-state index contributed by atoms with van der Waals surface area (Å²) in [6, 6.07) is 13.8. The molecule has 3 heterocycles. The molecule has 1 aliphatic rings. The molecule has 0 bridgehead atoms. The molecule has 2 aromatic carbocycles. The topological polar surface area (TPSA) is 111 Å². The van der Waals surface area contributed by atoms with Gasteiger partial charge in [0.25, 0.3) is 0 Å². The van der Waals surface area contributed by atoms with E-state index >= 15 is 0 Å². The number of anilines is 1. The van der Waals surface area contributed by atoms with Gasteiger partial charge in [-0.2, -0.15) is 0 Å². The third-order valence-corrected chi connectivity index (χ3v) is 6.92. The van der Waals surface area contributed by atoms with Crippen molar-refractivity contribution in [3.63, 3.8) is 0 Å². The Balaban J connectivity index is 1.32. The van der Waals surface area contributed by atoms with Crippen LogP contribution < -0.4 is 16.0 Å². The van der Waals surface area contributed by atoms with Gasteiger partial charge in [0.2, 0.25) is 5.89 Å². The van der Waals surface area contributed by atoms with Gasteiger partial charge in [-0.25, -0.2) is 9.97 Å². The molecule has 5 N–H and O–H groups in total. The Labute approximate surface area is 217 Å². The van der Waals surface area contributed by atoms with Crippen molar-refractivity contribution in [1.82, 2.24) is 25.6 Å². The molecule has 1 saturated heterocycles. The van der Waals surface area contributed by atoms with E-state index in [2.05, 4.69) is 38.8 Å². The van der Waals surface area contributed by atoms with Crippen molar-refractivity contribution in [3.8, 4) is 35.1 Å². The Morgan fingerprint density at radius 1 is 1.24 bits per heavy atom. The highest BCUT2D eigenvalue weighted by molar-refractivity contribution is 5.81. The van der Waals surface area contributed by atoms with E-state index in [1.165, 1.54) is 0 Å². The minimum atomic E-state index is -1.06. The van der Waals surface area contributed by atoms with Crippen LogP contribution in [0.3, 0.4) is 0 Å². The summed E-state index contributed by atoms with van der Waals surface area (Å²) in [5.41, 5.74) is 3.32. The monoisotopic (exact) mass is 498 g/mol. The summed E-state index contributed by atoms with van der Waals surface area (Å²) >= 11 is 0. The van der Waals surface area contributed by atoms with Crippen molar-refractivity contribution in [1.29, 1.82) is 0 Å². The van der Waals surface area contributed by atoms with E-state index in [0.717, 1.165) is 66.0 Å². The molecular formula is C29H34N6O2. The van der Waals surface area contributed by atoms with Crippen LogP contribution >= 0.6 is 0 Å². The predicted molar refractivity (Wildman–Crippen MR) is 147 cm³/mol. The quantitative estimate of drug-likeness (QED) is 0.128. The number of oxazole rings is 1. The number of piperidine rings is 1. The number of aliphatic hydroxyl groups is 1. The van der Waals surface area contributed by atoms with Crippen molar-refractivity contribution in [3.05, 3.63) is 54.5 Å². The van der Waals surface area contributed by atoms with Crippen molar-refractivity contribution < 1.29 is 9.52 Å². The molecule has 5 rings (SSSR count). The van der Waals surface area contributed by atoms with Gasteiger partial charge in [-0.15, -0.1) is 12.3 Å². The average Bonchev–Trinajstić information content (AvgIpc) is 3.57. The van der Waals surface area contributed by atoms with Gasteiger partial charge >= 0.3 is 0 Å². The Bertz CT molecular complexity index is 1390. The van der Waals surface area contributed by atoms with Crippen LogP contribution in [0.1, 0.15) is 51.4 Å². The normalized spacial score (nSPS) is 18.3. The fourth-order valence-electron chi connectivity index (χ4n) is 4.83. The Hall–Kier alpha value is -3.64. The van der Waals surface area contributed by atoms with Crippen molar-refractivity contribution in [2.45, 2.75) is 57.3 Å². The molecule has 8 heteroatoms. The number of rotatable bonds is 9. The molecule has 4 aromatic rings. The predicted octanol–water partition coefficient (Wildman–Crippen LogP) is 4.82. The van der Waals surface area contributed by atoms with Gasteiger partial charge < -0.3 is 30.5 Å². The molecule has 8 nitrogen and oxygen atoms in total. The lowest BCUT2D eigenvalue weighted by Crippen LogP contribution is -2.55. The van der Waals surface area contributed by atoms with Crippen LogP contribution in [0.5, 0.6) is 0 Å². The molecule has 3 unspecified atom stereocenters. The molecule has 3 atom stereocenters. The lowest BCUT2D eigenvalue weighted by atomic mass is 9.95. The van der Waals surface area contributed by atoms with E-state index in [-0.39, 0.29) is 12.1 Å². The van der Waals surface area contributed by atoms with E-state index in [1.807, 2.05) is 49.4 Å². The maximum Gasteiger partial charge on any atom is 0.226 e. The number of aromatic nitrogens is 3. The standard InChI is InChI=1S/C29H34N6O2/c1-4-5-14-30-19(2)27-33-23-13-12-20(17-24(23)34-27)25-18-32-28(37-25)21-9-8-10-22(16-21)35-29(3,36)26-11-6-7-15-31-26/h1,8-10,12-13,16-19,26,30-31,35-36H,5-7,11,14-15H2,2-3H3,(H,33,34). The van der Waals surface area contributed by atoms with Crippen LogP contribution in [0, 0.1) is 12.3 Å². The van der Waals surface area contributed by atoms with Gasteiger partial charge in [-0.05, 0) is 69.6 Å². The minimum absolute atomic E-state index is 0.00196. The number of fused-ring (bicyclic) bond motifs is 1. The zero-order chi connectivity index (χ0) is 25.8. The molecule has 0 radical (unpaired) electrons. The Morgan fingerprint density at radius 3 is 2.95 bits per heavy atom. The molecular weight excluding hydrogens is 464 g/mol. The summed E-state index contributed by atoms with van der Waals surface area (Å²) in [5, 5.41) is 21.1. The maximum absolute atomic E-state index is 11.1. The number of hydrogen-bond acceptors (Lipinski definition) is 7. The number of nitrogens with one attached hydrogen (secondary N) is 4. The first-order chi connectivity index (χ1) is 17.9. The largest absolute Gasteiger partial charge is 0.436 e. The van der Waals surface area contributed by atoms with Crippen molar-refractivity contribution in [2.24, 2.45) is 0 Å². The Kier molecular flexibility index (Phi) is 7.28. The first-order valence-electron chi connectivity index (χ1n) is 12.9. The van der Waals surface area contributed by atoms with Gasteiger partial charge in [0, 0.05) is 29.8 Å². The number of hydrogen-bond donors (Lipinski definition) is 5. The molecule has 0 aliphatic carbocycles. The zero-order valence-electron chi connectivity index (χ0n) is 21.3. The molecule has 2 aromatic heterocycles. The highest BCUT2D eigenvalue weighted by Gasteiger charge is 2.32. The molecule has 0 saturated carbocycles. The number of benzene rings is 2. The van der Waals surface area contributed by atoms with E-state index in [0.29, 0.717) is 18.1 Å². The summed E-state index contributed by atoms with van der Waals surface area (Å²) in [6.07, 6.45) is 11.0. The number of terminal acetylenes is 1. The van der Waals surface area contributed by atoms with Crippen LogP contribution in [-0.2, 0) is 0 Å². The van der Waals surface area contributed by atoms with Crippen LogP contribution in [-0.4, -0.2) is 44.9 Å². The second kappa shape index (κ2) is 10.8. The summed E-state index contributed by atoms with van der Waals surface area (Å²) in [5.74, 6) is 4.70. The van der Waals surface area contributed by atoms with Crippen molar-refractivity contribution >= 4 is 16.7 Å². The van der Waals surface area contributed by atoms with Crippen LogP contribution in [0.25, 0.3) is 33.8 Å². The lowest BCUT2D eigenvalue weighted by molar-refractivity contribution is 0.0366. The van der Waals surface area contributed by atoms with Crippen molar-refractivity contribution in [2.75, 3.05) is 18.4 Å². The third-order valence-electron chi connectivity index (χ3n) is 6.92. The molecule has 0 spiro atoms. The average molecular weight is 499 g/mol. The Morgan fingerprint density at radius 2 is 2.14 bits per heavy atom. The lowest BCUT2D eigenvalue weighted by Gasteiger charge is -2.37. The summed E-state index contributed by atoms with van der Waals surface area (Å²) < 4.78 is 6.15. The molecule has 192 valence electrons. The molecule has 1 aliphatic heterocycles. The van der Waals surface area contributed by atoms with Gasteiger partial charge in [0.05, 0.1) is 29.3 Å². The van der Waals surface area contributed by atoms with Gasteiger partial charge in [0.1, 0.15) is 11.5 Å². The van der Waals surface area contributed by atoms with Gasteiger partial charge in [-0.3, -0.25) is 0 Å². The van der Waals surface area contributed by atoms with Gasteiger partial charge in [-0.1, -0.05) is 12.5 Å². The number of aromatic amines is 1. The molecule has 37 heavy (non-hydrogen) atoms. The van der Waals surface area contributed by atoms with E-state index < -0.39 is 5.72 Å². The summed E-state index contributed by atoms with van der Waals surface area (Å²) in [6.45, 7) is 5.55. The van der Waals surface area contributed by atoms with E-state index in [9.17, 15) is 5.11 Å². The smallest absolute Gasteiger partial charge is 0.226 e. The van der Waals surface area contributed by atoms with Gasteiger partial charge in [0.15, 0.2) is 5.76 Å². The van der Waals surface area contributed by atoms with E-state index in [4.69, 9.17) is 15.8 Å². The third kappa shape index (κ3) is 5.70. The second-order valence-corrected chi connectivity index (χ2v) is 9.87. The number of nitrogens with zero attached hydrogens (tertiary/aromatic N) is 2. The SMILES string of the molecule is C#CCCNC(C)c1nc2ccc(-c3cnc(-c4cccc(NC(C)(O)C5CCCCN5)c4)o3)cc2[nH]1. The van der Waals surface area contributed by atoms with Crippen LogP contribution in [0.2, 0.25) is 0 Å². The second-order valence-electron chi connectivity index (χ2n) is 9.87. The van der Waals surface area contributed by atoms with E-state index in [1.54, 1.807) is 6.20 Å². The minimum Gasteiger partial charge on any atom is -0.436 e. The highest BCUT2D eigenvalue weighted by atomic mass is 16.4. The first kappa shape index (κ1) is 25.0. The fourth-order valence-corrected chi connectivity index (χ4v) is 4.83. The first-order valence-corrected chi connectivity index (χ1v) is 12.9. The van der Waals surface area contributed by atoms with Crippen LogP contribution in [0.15, 0.2) is 53.1 Å². The fraction of sp³-hybridized carbons (Fsp3) is 0.379. The summed E-state index contributed by atoms with van der Waals surface area (Å²) in [7, 11) is 0. The molecule has 0 amide bonds. The molecule has 1 fully saturated rings. The summed E-state index contributed by atoms with van der Waals surface area (Å²) in [4.78, 5) is 12.6. The highest BCUT2D eigenvalue weighted by Crippen LogP contribution is 2.30. The zero-order valence-corrected chi connectivity index (χ0v) is 21.3. The van der Waals surface area contributed by atoms with Crippen LogP contribution in [0.4, 0.5) is 5.69 Å².